The maximum absolute atomic E-state index is 11.8. The predicted molar refractivity (Wildman–Crippen MR) is 63.7 cm³/mol. The number of nitrogens with zero attached hydrogens (tertiary/aromatic N) is 1. The summed E-state index contributed by atoms with van der Waals surface area (Å²) in [5.74, 6) is 0.921. The van der Waals surface area contributed by atoms with Crippen molar-refractivity contribution in [1.82, 2.24) is 9.24 Å². The molecule has 0 radical (unpaired) electrons. The van der Waals surface area contributed by atoms with Gasteiger partial charge >= 0.3 is 0 Å². The fraction of sp³-hybridized carbons (Fsp3) is 0.818. The molecule has 1 heterocycles. The number of amides is 2. The molecule has 0 bridgehead atoms. The fourth-order valence-corrected chi connectivity index (χ4v) is 3.39. The average molecular weight is 289 g/mol. The average Bonchev–Trinajstić information content (AvgIpc) is 2.86. The first kappa shape index (κ1) is 11.9. The van der Waals surface area contributed by atoms with Crippen LogP contribution in [0.5, 0.6) is 0 Å². The minimum Gasteiger partial charge on any atom is -0.330 e. The van der Waals surface area contributed by atoms with E-state index in [1.165, 1.54) is 6.42 Å². The molecule has 1 saturated carbocycles. The SMILES string of the molecule is CCC(=O)N1C[C@@H]2CCC[C@H]2[C@@H]1C(=O)NBr. The number of halogens is 1. The van der Waals surface area contributed by atoms with Crippen molar-refractivity contribution >= 4 is 28.0 Å². The zero-order valence-corrected chi connectivity index (χ0v) is 11.0. The molecule has 2 aliphatic rings. The molecular weight excluding hydrogens is 272 g/mol. The highest BCUT2D eigenvalue weighted by molar-refractivity contribution is 9.08. The van der Waals surface area contributed by atoms with Crippen LogP contribution in [0.2, 0.25) is 0 Å². The Balaban J connectivity index is 2.19. The zero-order valence-electron chi connectivity index (χ0n) is 9.41. The molecule has 0 aromatic carbocycles. The van der Waals surface area contributed by atoms with Crippen molar-refractivity contribution in [3.05, 3.63) is 0 Å². The Morgan fingerprint density at radius 3 is 2.81 bits per heavy atom. The number of rotatable bonds is 2. The molecule has 2 rings (SSSR count). The van der Waals surface area contributed by atoms with E-state index in [4.69, 9.17) is 0 Å². The van der Waals surface area contributed by atoms with Crippen LogP contribution in [0.4, 0.5) is 0 Å². The molecule has 4 nitrogen and oxygen atoms in total. The van der Waals surface area contributed by atoms with E-state index in [2.05, 4.69) is 20.5 Å². The minimum atomic E-state index is -0.251. The first-order valence-electron chi connectivity index (χ1n) is 5.89. The van der Waals surface area contributed by atoms with Crippen molar-refractivity contribution in [1.29, 1.82) is 0 Å². The molecule has 3 atom stereocenters. The predicted octanol–water partition coefficient (Wildman–Crippen LogP) is 1.45. The van der Waals surface area contributed by atoms with Crippen LogP contribution in [0.3, 0.4) is 0 Å². The van der Waals surface area contributed by atoms with Crippen LogP contribution < -0.4 is 4.34 Å². The third-order valence-corrected chi connectivity index (χ3v) is 4.27. The van der Waals surface area contributed by atoms with E-state index in [9.17, 15) is 9.59 Å². The van der Waals surface area contributed by atoms with Crippen LogP contribution >= 0.6 is 16.1 Å². The standard InChI is InChI=1S/C11H17BrN2O2/c1-2-9(15)14-6-7-4-3-5-8(7)10(14)11(16)13-12/h7-8,10H,2-6H2,1H3,(H,13,16)/t7-,8+,10+/m0/s1. The largest absolute Gasteiger partial charge is 0.330 e. The van der Waals surface area contributed by atoms with Crippen molar-refractivity contribution in [3.8, 4) is 0 Å². The molecule has 0 aromatic rings. The second-order valence-corrected chi connectivity index (χ2v) is 5.05. The fourth-order valence-electron chi connectivity index (χ4n) is 3.16. The molecule has 1 aliphatic carbocycles. The summed E-state index contributed by atoms with van der Waals surface area (Å²) >= 11 is 2.98. The number of carbonyl (C=O) groups excluding carboxylic acids is 2. The van der Waals surface area contributed by atoms with Crippen LogP contribution in [0.1, 0.15) is 32.6 Å². The normalized spacial score (nSPS) is 32.6. The second kappa shape index (κ2) is 4.73. The molecular formula is C11H17BrN2O2. The van der Waals surface area contributed by atoms with E-state index in [-0.39, 0.29) is 17.9 Å². The van der Waals surface area contributed by atoms with Crippen molar-refractivity contribution in [2.45, 2.75) is 38.6 Å². The molecule has 1 N–H and O–H groups in total. The monoisotopic (exact) mass is 288 g/mol. The molecule has 0 spiro atoms. The van der Waals surface area contributed by atoms with Crippen LogP contribution in [-0.4, -0.2) is 29.3 Å². The Hall–Kier alpha value is -0.580. The first-order chi connectivity index (χ1) is 7.69. The van der Waals surface area contributed by atoms with Crippen molar-refractivity contribution in [3.63, 3.8) is 0 Å². The highest BCUT2D eigenvalue weighted by Crippen LogP contribution is 2.42. The molecule has 0 aromatic heterocycles. The van der Waals surface area contributed by atoms with E-state index in [0.717, 1.165) is 19.4 Å². The van der Waals surface area contributed by atoms with Gasteiger partial charge in [0.15, 0.2) is 0 Å². The van der Waals surface area contributed by atoms with Gasteiger partial charge in [-0.15, -0.1) is 0 Å². The number of hydrogen-bond donors (Lipinski definition) is 1. The van der Waals surface area contributed by atoms with Crippen molar-refractivity contribution in [2.75, 3.05) is 6.54 Å². The Morgan fingerprint density at radius 2 is 2.19 bits per heavy atom. The Labute approximate surface area is 104 Å². The van der Waals surface area contributed by atoms with Gasteiger partial charge in [0.05, 0.1) is 0 Å². The number of nitrogens with one attached hydrogen (secondary N) is 1. The maximum atomic E-state index is 11.8. The molecule has 16 heavy (non-hydrogen) atoms. The third kappa shape index (κ3) is 1.85. The number of carbonyl (C=O) groups is 2. The van der Waals surface area contributed by atoms with Crippen LogP contribution in [-0.2, 0) is 9.59 Å². The van der Waals surface area contributed by atoms with E-state index in [0.29, 0.717) is 18.3 Å². The Kier molecular flexibility index (Phi) is 3.52. The van der Waals surface area contributed by atoms with Gasteiger partial charge in [-0.05, 0) is 24.7 Å². The van der Waals surface area contributed by atoms with Crippen LogP contribution in [0, 0.1) is 11.8 Å². The zero-order chi connectivity index (χ0) is 11.7. The second-order valence-electron chi connectivity index (χ2n) is 4.66. The van der Waals surface area contributed by atoms with Gasteiger partial charge in [0.25, 0.3) is 5.91 Å². The molecule has 1 aliphatic heterocycles. The summed E-state index contributed by atoms with van der Waals surface area (Å²) in [6, 6.07) is -0.251. The lowest BCUT2D eigenvalue weighted by Gasteiger charge is -2.25. The minimum absolute atomic E-state index is 0.0730. The van der Waals surface area contributed by atoms with Crippen molar-refractivity contribution < 1.29 is 9.59 Å². The van der Waals surface area contributed by atoms with Crippen LogP contribution in [0.25, 0.3) is 0 Å². The summed E-state index contributed by atoms with van der Waals surface area (Å²) in [5, 5.41) is 0. The van der Waals surface area contributed by atoms with E-state index >= 15 is 0 Å². The molecule has 5 heteroatoms. The molecule has 0 unspecified atom stereocenters. The Bertz CT molecular complexity index is 308. The van der Waals surface area contributed by atoms with E-state index in [1.807, 2.05) is 6.92 Å². The number of likely N-dealkylation sites (tertiary alicyclic amines) is 1. The van der Waals surface area contributed by atoms with Gasteiger partial charge in [-0.3, -0.25) is 13.9 Å². The van der Waals surface area contributed by atoms with Gasteiger partial charge in [0, 0.05) is 29.1 Å². The number of fused-ring (bicyclic) bond motifs is 1. The molecule has 90 valence electrons. The van der Waals surface area contributed by atoms with E-state index < -0.39 is 0 Å². The van der Waals surface area contributed by atoms with E-state index in [1.54, 1.807) is 4.90 Å². The molecule has 1 saturated heterocycles. The Morgan fingerprint density at radius 1 is 1.44 bits per heavy atom. The summed E-state index contributed by atoms with van der Waals surface area (Å²) in [7, 11) is 0. The first-order valence-corrected chi connectivity index (χ1v) is 6.68. The van der Waals surface area contributed by atoms with Gasteiger partial charge in [-0.25, -0.2) is 0 Å². The third-order valence-electron chi connectivity index (χ3n) is 3.87. The summed E-state index contributed by atoms with van der Waals surface area (Å²) < 4.78 is 2.51. The number of hydrogen-bond acceptors (Lipinski definition) is 2. The summed E-state index contributed by atoms with van der Waals surface area (Å²) in [6.45, 7) is 2.61. The van der Waals surface area contributed by atoms with Gasteiger partial charge in [-0.1, -0.05) is 13.3 Å². The van der Waals surface area contributed by atoms with Crippen molar-refractivity contribution in [2.24, 2.45) is 11.8 Å². The topological polar surface area (TPSA) is 49.4 Å². The maximum Gasteiger partial charge on any atom is 0.252 e. The molecule has 2 amide bonds. The van der Waals surface area contributed by atoms with Crippen LogP contribution in [0.15, 0.2) is 0 Å². The quantitative estimate of drug-likeness (QED) is 0.782. The lowest BCUT2D eigenvalue weighted by atomic mass is 9.94. The summed E-state index contributed by atoms with van der Waals surface area (Å²) in [4.78, 5) is 25.4. The highest BCUT2D eigenvalue weighted by Gasteiger charge is 2.48. The van der Waals surface area contributed by atoms with Gasteiger partial charge in [0.2, 0.25) is 5.91 Å². The summed E-state index contributed by atoms with van der Waals surface area (Å²) in [5.41, 5.74) is 0. The smallest absolute Gasteiger partial charge is 0.252 e. The van der Waals surface area contributed by atoms with Gasteiger partial charge in [-0.2, -0.15) is 0 Å². The van der Waals surface area contributed by atoms with Gasteiger partial charge in [0.1, 0.15) is 6.04 Å². The lowest BCUT2D eigenvalue weighted by Crippen LogP contribution is -2.46. The highest BCUT2D eigenvalue weighted by atomic mass is 79.9. The lowest BCUT2D eigenvalue weighted by molar-refractivity contribution is -0.138. The van der Waals surface area contributed by atoms with Gasteiger partial charge < -0.3 is 4.90 Å². The molecule has 2 fully saturated rings. The summed E-state index contributed by atoms with van der Waals surface area (Å²) in [6.07, 6.45) is 3.90.